The van der Waals surface area contributed by atoms with Gasteiger partial charge in [0.05, 0.1) is 0 Å². The van der Waals surface area contributed by atoms with Gasteiger partial charge in [-0.1, -0.05) is 18.2 Å². The van der Waals surface area contributed by atoms with Gasteiger partial charge in [0.15, 0.2) is 0 Å². The molecule has 0 aliphatic heterocycles. The molecule has 0 saturated carbocycles. The molecule has 1 aromatic rings. The molecule has 1 rings (SSSR count). The third-order valence-electron chi connectivity index (χ3n) is 1.87. The lowest BCUT2D eigenvalue weighted by molar-refractivity contribution is -0.131. The Morgan fingerprint density at radius 1 is 1.44 bits per heavy atom. The summed E-state index contributed by atoms with van der Waals surface area (Å²) in [7, 11) is 0. The maximum absolute atomic E-state index is 12.1. The van der Waals surface area contributed by atoms with Crippen molar-refractivity contribution in [2.24, 2.45) is 0 Å². The van der Waals surface area contributed by atoms with E-state index in [0.717, 1.165) is 6.08 Å². The normalized spacial score (nSPS) is 11.6. The molecule has 0 heterocycles. The summed E-state index contributed by atoms with van der Waals surface area (Å²) in [5.41, 5.74) is 0.689. The van der Waals surface area contributed by atoms with Crippen molar-refractivity contribution in [3.63, 3.8) is 0 Å². The summed E-state index contributed by atoms with van der Waals surface area (Å²) in [4.78, 5) is 10.5. The summed E-state index contributed by atoms with van der Waals surface area (Å²) in [6.45, 7) is -1.42. The van der Waals surface area contributed by atoms with Gasteiger partial charge in [0.1, 0.15) is 5.75 Å². The van der Waals surface area contributed by atoms with Gasteiger partial charge in [-0.25, -0.2) is 4.79 Å². The summed E-state index contributed by atoms with van der Waals surface area (Å²) < 4.78 is 28.4. The number of hydrogen-bond donors (Lipinski definition) is 1. The fraction of sp³-hybridized carbons (Fsp3) is 0.182. The highest BCUT2D eigenvalue weighted by molar-refractivity contribution is 5.90. The van der Waals surface area contributed by atoms with Crippen molar-refractivity contribution < 1.29 is 23.4 Å². The fourth-order valence-electron chi connectivity index (χ4n) is 1.25. The van der Waals surface area contributed by atoms with Crippen molar-refractivity contribution in [2.45, 2.75) is 13.5 Å². The molecule has 0 unspecified atom stereocenters. The van der Waals surface area contributed by atoms with E-state index in [2.05, 4.69) is 4.74 Å². The van der Waals surface area contributed by atoms with Crippen LogP contribution in [0.15, 0.2) is 30.3 Å². The van der Waals surface area contributed by atoms with Crippen molar-refractivity contribution in [3.05, 3.63) is 35.9 Å². The molecule has 0 atom stereocenters. The fourth-order valence-corrected chi connectivity index (χ4v) is 1.25. The molecular formula is C11H10F2O3. The minimum atomic E-state index is -2.93. The second-order valence-corrected chi connectivity index (χ2v) is 3.04. The molecular weight excluding hydrogens is 218 g/mol. The topological polar surface area (TPSA) is 46.5 Å². The van der Waals surface area contributed by atoms with Crippen LogP contribution >= 0.6 is 0 Å². The van der Waals surface area contributed by atoms with Crippen molar-refractivity contribution in [1.82, 2.24) is 0 Å². The minimum Gasteiger partial charge on any atom is -0.478 e. The molecule has 3 nitrogen and oxygen atoms in total. The highest BCUT2D eigenvalue weighted by Crippen LogP contribution is 2.26. The molecule has 1 aromatic carbocycles. The summed E-state index contributed by atoms with van der Waals surface area (Å²) in [5, 5.41) is 8.55. The second kappa shape index (κ2) is 5.25. The van der Waals surface area contributed by atoms with E-state index < -0.39 is 12.6 Å². The number of carboxylic acid groups (broad SMARTS) is 1. The molecule has 0 fully saturated rings. The minimum absolute atomic E-state index is 0.0347. The van der Waals surface area contributed by atoms with Gasteiger partial charge in [-0.2, -0.15) is 8.78 Å². The second-order valence-electron chi connectivity index (χ2n) is 3.04. The first kappa shape index (κ1) is 12.2. The third-order valence-corrected chi connectivity index (χ3v) is 1.87. The van der Waals surface area contributed by atoms with E-state index in [-0.39, 0.29) is 5.75 Å². The van der Waals surface area contributed by atoms with Crippen LogP contribution in [0.4, 0.5) is 8.78 Å². The van der Waals surface area contributed by atoms with Gasteiger partial charge < -0.3 is 9.84 Å². The molecule has 0 radical (unpaired) electrons. The quantitative estimate of drug-likeness (QED) is 0.806. The van der Waals surface area contributed by atoms with Crippen LogP contribution in [0.2, 0.25) is 0 Å². The molecule has 0 aliphatic rings. The van der Waals surface area contributed by atoms with E-state index >= 15 is 0 Å². The number of hydrogen-bond acceptors (Lipinski definition) is 2. The Morgan fingerprint density at radius 3 is 2.62 bits per heavy atom. The molecule has 16 heavy (non-hydrogen) atoms. The molecule has 0 saturated heterocycles. The van der Waals surface area contributed by atoms with Gasteiger partial charge in [-0.15, -0.1) is 0 Å². The zero-order valence-electron chi connectivity index (χ0n) is 8.48. The Morgan fingerprint density at radius 2 is 2.06 bits per heavy atom. The van der Waals surface area contributed by atoms with Gasteiger partial charge in [0, 0.05) is 11.6 Å². The zero-order valence-corrected chi connectivity index (χ0v) is 8.48. The number of aliphatic carboxylic acids is 1. The molecule has 0 aromatic heterocycles. The van der Waals surface area contributed by atoms with Crippen molar-refractivity contribution in [2.75, 3.05) is 0 Å². The molecule has 5 heteroatoms. The van der Waals surface area contributed by atoms with E-state index in [0.29, 0.717) is 11.1 Å². The van der Waals surface area contributed by atoms with E-state index in [1.165, 1.54) is 25.1 Å². The van der Waals surface area contributed by atoms with Crippen LogP contribution in [-0.4, -0.2) is 17.7 Å². The van der Waals surface area contributed by atoms with Gasteiger partial charge in [0.25, 0.3) is 0 Å². The lowest BCUT2D eigenvalue weighted by Crippen LogP contribution is -2.04. The van der Waals surface area contributed by atoms with Crippen molar-refractivity contribution in [1.29, 1.82) is 0 Å². The van der Waals surface area contributed by atoms with Gasteiger partial charge in [0.2, 0.25) is 0 Å². The third kappa shape index (κ3) is 3.34. The molecule has 86 valence electrons. The summed E-state index contributed by atoms with van der Waals surface area (Å²) in [6, 6.07) is 6.04. The van der Waals surface area contributed by atoms with E-state index in [1.807, 2.05) is 0 Å². The average molecular weight is 228 g/mol. The Labute approximate surface area is 91.0 Å². The van der Waals surface area contributed by atoms with Crippen LogP contribution in [-0.2, 0) is 4.79 Å². The van der Waals surface area contributed by atoms with Gasteiger partial charge in [-0.3, -0.25) is 0 Å². The number of halogens is 2. The highest BCUT2D eigenvalue weighted by Gasteiger charge is 2.10. The molecule has 0 aliphatic carbocycles. The van der Waals surface area contributed by atoms with Crippen LogP contribution in [0.5, 0.6) is 5.75 Å². The number of benzene rings is 1. The number of carbonyl (C=O) groups is 1. The first-order chi connectivity index (χ1) is 7.50. The lowest BCUT2D eigenvalue weighted by Gasteiger charge is -2.10. The van der Waals surface area contributed by atoms with E-state index in [9.17, 15) is 13.6 Å². The predicted octanol–water partition coefficient (Wildman–Crippen LogP) is 2.78. The SMILES string of the molecule is C/C(=C\C(=O)O)c1ccccc1OC(F)F. The number of carboxylic acids is 1. The molecule has 0 spiro atoms. The monoisotopic (exact) mass is 228 g/mol. The van der Waals surface area contributed by atoms with Crippen LogP contribution in [0.3, 0.4) is 0 Å². The Kier molecular flexibility index (Phi) is 3.99. The number of alkyl halides is 2. The largest absolute Gasteiger partial charge is 0.478 e. The van der Waals surface area contributed by atoms with Crippen LogP contribution in [0, 0.1) is 0 Å². The van der Waals surface area contributed by atoms with Gasteiger partial charge in [-0.05, 0) is 18.6 Å². The highest BCUT2D eigenvalue weighted by atomic mass is 19.3. The van der Waals surface area contributed by atoms with Crippen LogP contribution < -0.4 is 4.74 Å². The van der Waals surface area contributed by atoms with Crippen LogP contribution in [0.1, 0.15) is 12.5 Å². The van der Waals surface area contributed by atoms with Gasteiger partial charge >= 0.3 is 12.6 Å². The zero-order chi connectivity index (χ0) is 12.1. The first-order valence-corrected chi connectivity index (χ1v) is 4.46. The van der Waals surface area contributed by atoms with E-state index in [1.54, 1.807) is 6.07 Å². The molecule has 1 N–H and O–H groups in total. The Balaban J connectivity index is 3.07. The smallest absolute Gasteiger partial charge is 0.387 e. The number of rotatable bonds is 4. The number of ether oxygens (including phenoxy) is 1. The first-order valence-electron chi connectivity index (χ1n) is 4.46. The maximum Gasteiger partial charge on any atom is 0.387 e. The standard InChI is InChI=1S/C11H10F2O3/c1-7(6-10(14)15)8-4-2-3-5-9(8)16-11(12)13/h2-6,11H,1H3,(H,14,15)/b7-6+. The van der Waals surface area contributed by atoms with E-state index in [4.69, 9.17) is 5.11 Å². The number of allylic oxidation sites excluding steroid dienone is 1. The van der Waals surface area contributed by atoms with Crippen molar-refractivity contribution >= 4 is 11.5 Å². The van der Waals surface area contributed by atoms with Crippen molar-refractivity contribution in [3.8, 4) is 5.75 Å². The average Bonchev–Trinajstić information content (AvgIpc) is 2.16. The lowest BCUT2D eigenvalue weighted by atomic mass is 10.1. The summed E-state index contributed by atoms with van der Waals surface area (Å²) in [5.74, 6) is -1.17. The summed E-state index contributed by atoms with van der Waals surface area (Å²) >= 11 is 0. The Hall–Kier alpha value is -1.91. The maximum atomic E-state index is 12.1. The Bertz CT molecular complexity index is 413. The molecule has 0 bridgehead atoms. The molecule has 0 amide bonds. The summed E-state index contributed by atoms with van der Waals surface area (Å²) in [6.07, 6.45) is 0.938. The van der Waals surface area contributed by atoms with Crippen LogP contribution in [0.25, 0.3) is 5.57 Å². The number of para-hydroxylation sites is 1. The predicted molar refractivity (Wildman–Crippen MR) is 54.4 cm³/mol.